The lowest BCUT2D eigenvalue weighted by Gasteiger charge is -2.06. The van der Waals surface area contributed by atoms with Gasteiger partial charge in [-0.1, -0.05) is 26.2 Å². The molecule has 0 spiro atoms. The van der Waals surface area contributed by atoms with Gasteiger partial charge in [0.1, 0.15) is 0 Å². The van der Waals surface area contributed by atoms with E-state index in [2.05, 4.69) is 21.7 Å². The first-order valence-electron chi connectivity index (χ1n) is 5.98. The Morgan fingerprint density at radius 2 is 1.89 bits per heavy atom. The Morgan fingerprint density at radius 1 is 1.21 bits per heavy atom. The van der Waals surface area contributed by atoms with Gasteiger partial charge in [-0.05, 0) is 6.42 Å². The van der Waals surface area contributed by atoms with E-state index >= 15 is 0 Å². The Kier molecular flexibility index (Phi) is 9.42. The monoisotopic (exact) mass is 297 g/mol. The number of ether oxygens (including phenoxy) is 2. The lowest BCUT2D eigenvalue weighted by Crippen LogP contribution is -2.27. The minimum atomic E-state index is -4.22. The van der Waals surface area contributed by atoms with Gasteiger partial charge in [0.25, 0.3) is 0 Å². The normalized spacial score (nSPS) is 11.1. The van der Waals surface area contributed by atoms with Gasteiger partial charge in [0.2, 0.25) is 0 Å². The Morgan fingerprint density at radius 3 is 2.47 bits per heavy atom. The highest BCUT2D eigenvalue weighted by Gasteiger charge is 2.15. The zero-order chi connectivity index (χ0) is 14.7. The Bertz CT molecular complexity index is 328. The molecule has 0 aromatic rings. The molecule has 0 rings (SSSR count). The topological polar surface area (TPSA) is 122 Å². The van der Waals surface area contributed by atoms with E-state index in [1.54, 1.807) is 0 Å². The number of esters is 1. The first-order valence-corrected chi connectivity index (χ1v) is 7.77. The minimum absolute atomic E-state index is 0.183. The Balaban J connectivity index is 3.58. The number of nitrogens with one attached hydrogen (secondary N) is 1. The molecule has 0 aliphatic heterocycles. The quantitative estimate of drug-likeness (QED) is 0.249. The molecule has 0 unspecified atom stereocenters. The largest absolute Gasteiger partial charge is 0.516 e. The molecule has 0 bridgehead atoms. The van der Waals surface area contributed by atoms with Gasteiger partial charge in [0, 0.05) is 0 Å². The van der Waals surface area contributed by atoms with Gasteiger partial charge >= 0.3 is 19.7 Å². The van der Waals surface area contributed by atoms with Crippen LogP contribution in [0.15, 0.2) is 0 Å². The van der Waals surface area contributed by atoms with Gasteiger partial charge < -0.3 is 19.3 Å². The molecule has 0 fully saturated rings. The van der Waals surface area contributed by atoms with E-state index in [9.17, 15) is 14.2 Å². The van der Waals surface area contributed by atoms with Crippen molar-refractivity contribution in [3.8, 4) is 0 Å². The molecule has 0 radical (unpaired) electrons. The zero-order valence-electron chi connectivity index (χ0n) is 10.8. The van der Waals surface area contributed by atoms with E-state index in [4.69, 9.17) is 9.79 Å². The lowest BCUT2D eigenvalue weighted by atomic mass is 10.2. The maximum atomic E-state index is 11.0. The van der Waals surface area contributed by atoms with Gasteiger partial charge in [-0.2, -0.15) is 0 Å². The molecule has 0 heterocycles. The smallest absolute Gasteiger partial charge is 0.434 e. The van der Waals surface area contributed by atoms with Crippen LogP contribution in [0.2, 0.25) is 0 Å². The summed E-state index contributed by atoms with van der Waals surface area (Å²) in [5, 5.41) is 2.17. The SMILES string of the molecule is CCCCCCOC(=O)OC(=O)CNCP(=O)(O)O. The third-order valence-corrected chi connectivity index (χ3v) is 2.64. The molecule has 0 saturated carbocycles. The van der Waals surface area contributed by atoms with E-state index in [1.165, 1.54) is 0 Å². The van der Waals surface area contributed by atoms with E-state index in [1.807, 2.05) is 0 Å². The fourth-order valence-electron chi connectivity index (χ4n) is 1.15. The average molecular weight is 297 g/mol. The van der Waals surface area contributed by atoms with Crippen LogP contribution in [-0.4, -0.2) is 41.3 Å². The van der Waals surface area contributed by atoms with Crippen molar-refractivity contribution < 1.29 is 33.4 Å². The maximum absolute atomic E-state index is 11.0. The molecule has 0 amide bonds. The predicted molar refractivity (Wildman–Crippen MR) is 66.5 cm³/mol. The van der Waals surface area contributed by atoms with Crippen LogP contribution >= 0.6 is 7.60 Å². The fraction of sp³-hybridized carbons (Fsp3) is 0.800. The Hall–Kier alpha value is -0.950. The summed E-state index contributed by atoms with van der Waals surface area (Å²) in [5.41, 5.74) is 0. The van der Waals surface area contributed by atoms with E-state index in [0.717, 1.165) is 19.3 Å². The predicted octanol–water partition coefficient (Wildman–Crippen LogP) is 0.971. The van der Waals surface area contributed by atoms with Crippen molar-refractivity contribution in [2.45, 2.75) is 32.6 Å². The number of hydrogen-bond donors (Lipinski definition) is 3. The summed E-state index contributed by atoms with van der Waals surface area (Å²) in [5.74, 6) is -0.952. The molecule has 8 nitrogen and oxygen atoms in total. The molecule has 9 heteroatoms. The molecular weight excluding hydrogens is 277 g/mol. The van der Waals surface area contributed by atoms with Crippen molar-refractivity contribution in [3.63, 3.8) is 0 Å². The van der Waals surface area contributed by atoms with E-state index in [-0.39, 0.29) is 6.61 Å². The summed E-state index contributed by atoms with van der Waals surface area (Å²) in [6.07, 6.45) is 1.99. The van der Waals surface area contributed by atoms with Gasteiger partial charge in [-0.25, -0.2) is 4.79 Å². The van der Waals surface area contributed by atoms with Crippen molar-refractivity contribution in [2.75, 3.05) is 19.4 Å². The van der Waals surface area contributed by atoms with Crippen LogP contribution in [0, 0.1) is 0 Å². The maximum Gasteiger partial charge on any atom is 0.516 e. The molecular formula is C10H20NO7P. The number of rotatable bonds is 9. The number of unbranched alkanes of at least 4 members (excludes halogenated alkanes) is 3. The fourth-order valence-corrected chi connectivity index (χ4v) is 1.55. The summed E-state index contributed by atoms with van der Waals surface area (Å²) in [6, 6.07) is 0. The molecule has 0 aromatic carbocycles. The van der Waals surface area contributed by atoms with Crippen LogP contribution in [0.4, 0.5) is 4.79 Å². The van der Waals surface area contributed by atoms with Crippen LogP contribution in [0.25, 0.3) is 0 Å². The molecule has 0 aliphatic carbocycles. The molecule has 0 aromatic heterocycles. The first kappa shape index (κ1) is 18.0. The highest BCUT2D eigenvalue weighted by atomic mass is 31.2. The van der Waals surface area contributed by atoms with Crippen molar-refractivity contribution in [3.05, 3.63) is 0 Å². The van der Waals surface area contributed by atoms with Crippen LogP contribution in [0.3, 0.4) is 0 Å². The van der Waals surface area contributed by atoms with Crippen LogP contribution in [0.5, 0.6) is 0 Å². The first-order chi connectivity index (χ1) is 8.85. The minimum Gasteiger partial charge on any atom is -0.434 e. The average Bonchev–Trinajstić information content (AvgIpc) is 2.26. The second kappa shape index (κ2) is 9.91. The standard InChI is InChI=1S/C10H20NO7P/c1-2-3-4-5-6-17-10(13)18-9(12)7-11-8-19(14,15)16/h11H,2-8H2,1H3,(H2,14,15,16). The molecule has 3 N–H and O–H groups in total. The van der Waals surface area contributed by atoms with E-state index in [0.29, 0.717) is 6.42 Å². The van der Waals surface area contributed by atoms with Crippen LogP contribution in [-0.2, 0) is 18.8 Å². The zero-order valence-corrected chi connectivity index (χ0v) is 11.7. The molecule has 19 heavy (non-hydrogen) atoms. The third-order valence-electron chi connectivity index (χ3n) is 2.00. The van der Waals surface area contributed by atoms with Crippen molar-refractivity contribution in [2.24, 2.45) is 0 Å². The molecule has 112 valence electrons. The number of carbonyl (C=O) groups is 2. The molecule has 0 aliphatic rings. The highest BCUT2D eigenvalue weighted by Crippen LogP contribution is 2.31. The summed E-state index contributed by atoms with van der Waals surface area (Å²) in [4.78, 5) is 39.0. The van der Waals surface area contributed by atoms with Crippen LogP contribution < -0.4 is 5.32 Å². The van der Waals surface area contributed by atoms with Gasteiger partial charge in [0.05, 0.1) is 19.4 Å². The highest BCUT2D eigenvalue weighted by molar-refractivity contribution is 7.51. The summed E-state index contributed by atoms with van der Waals surface area (Å²) in [7, 11) is -4.22. The molecule has 0 atom stereocenters. The second-order valence-electron chi connectivity index (χ2n) is 3.88. The number of hydrogen-bond acceptors (Lipinski definition) is 6. The Labute approximate surface area is 111 Å². The summed E-state index contributed by atoms with van der Waals surface area (Å²) >= 11 is 0. The van der Waals surface area contributed by atoms with Crippen molar-refractivity contribution in [1.82, 2.24) is 5.32 Å². The summed E-state index contributed by atoms with van der Waals surface area (Å²) < 4.78 is 19.4. The van der Waals surface area contributed by atoms with Gasteiger partial charge in [-0.15, -0.1) is 0 Å². The molecule has 0 saturated heterocycles. The van der Waals surface area contributed by atoms with Gasteiger partial charge in [-0.3, -0.25) is 14.7 Å². The second-order valence-corrected chi connectivity index (χ2v) is 5.53. The summed E-state index contributed by atoms with van der Waals surface area (Å²) in [6.45, 7) is 1.76. The van der Waals surface area contributed by atoms with Gasteiger partial charge in [0.15, 0.2) is 0 Å². The van der Waals surface area contributed by atoms with Crippen molar-refractivity contribution >= 4 is 19.7 Å². The van der Waals surface area contributed by atoms with Crippen molar-refractivity contribution in [1.29, 1.82) is 0 Å². The van der Waals surface area contributed by atoms with Crippen LogP contribution in [0.1, 0.15) is 32.6 Å². The third kappa shape index (κ3) is 13.3. The van der Waals surface area contributed by atoms with E-state index < -0.39 is 32.6 Å². The lowest BCUT2D eigenvalue weighted by molar-refractivity contribution is -0.138. The number of carbonyl (C=O) groups excluding carboxylic acids is 2.